The first-order valence-electron chi connectivity index (χ1n) is 6.71. The Labute approximate surface area is 122 Å². The highest BCUT2D eigenvalue weighted by atomic mass is 16.5. The molecule has 7 heteroatoms. The third kappa shape index (κ3) is 3.69. The van der Waals surface area contributed by atoms with Crippen LogP contribution in [0, 0.1) is 0 Å². The molecule has 0 atom stereocenters. The maximum atomic E-state index is 12.2. The second-order valence-electron chi connectivity index (χ2n) is 5.52. The lowest BCUT2D eigenvalue weighted by molar-refractivity contribution is -0.0278. The summed E-state index contributed by atoms with van der Waals surface area (Å²) < 4.78 is 5.37. The lowest BCUT2D eigenvalue weighted by Crippen LogP contribution is -2.58. The predicted octanol–water partition coefficient (Wildman–Crippen LogP) is 1.10. The van der Waals surface area contributed by atoms with E-state index in [9.17, 15) is 9.59 Å². The second kappa shape index (κ2) is 6.09. The van der Waals surface area contributed by atoms with E-state index in [1.807, 2.05) is 13.8 Å². The monoisotopic (exact) mass is 293 g/mol. The van der Waals surface area contributed by atoms with Gasteiger partial charge in [-0.25, -0.2) is 9.59 Å². The average Bonchev–Trinajstić information content (AvgIpc) is 2.44. The fourth-order valence-corrected chi connectivity index (χ4v) is 2.20. The van der Waals surface area contributed by atoms with Crippen LogP contribution in [-0.4, -0.2) is 52.3 Å². The van der Waals surface area contributed by atoms with Crippen LogP contribution < -0.4 is 5.32 Å². The van der Waals surface area contributed by atoms with Gasteiger partial charge >= 0.3 is 12.0 Å². The minimum absolute atomic E-state index is 0.154. The van der Waals surface area contributed by atoms with E-state index in [2.05, 4.69) is 10.3 Å². The number of aromatic nitrogens is 1. The number of nitrogens with zero attached hydrogens (tertiary/aromatic N) is 2. The van der Waals surface area contributed by atoms with Crippen LogP contribution >= 0.6 is 0 Å². The maximum Gasteiger partial charge on any atom is 0.335 e. The SMILES string of the molecule is CC1(C)COCCN1C(=O)NCc1cc(C(=O)O)ccn1. The van der Waals surface area contributed by atoms with Gasteiger partial charge in [0.15, 0.2) is 0 Å². The number of ether oxygens (including phenoxy) is 1. The summed E-state index contributed by atoms with van der Waals surface area (Å²) in [5, 5.41) is 11.7. The van der Waals surface area contributed by atoms with Gasteiger partial charge in [0.2, 0.25) is 0 Å². The zero-order chi connectivity index (χ0) is 15.5. The molecule has 1 aliphatic rings. The molecule has 1 fully saturated rings. The van der Waals surface area contributed by atoms with Gasteiger partial charge in [-0.1, -0.05) is 0 Å². The van der Waals surface area contributed by atoms with Crippen molar-refractivity contribution in [3.8, 4) is 0 Å². The van der Waals surface area contributed by atoms with Crippen molar-refractivity contribution < 1.29 is 19.4 Å². The Morgan fingerprint density at radius 3 is 2.95 bits per heavy atom. The Kier molecular flexibility index (Phi) is 4.42. The van der Waals surface area contributed by atoms with Gasteiger partial charge in [0.1, 0.15) is 0 Å². The Morgan fingerprint density at radius 2 is 2.29 bits per heavy atom. The molecule has 0 spiro atoms. The van der Waals surface area contributed by atoms with Gasteiger partial charge in [-0.05, 0) is 26.0 Å². The average molecular weight is 293 g/mol. The van der Waals surface area contributed by atoms with E-state index in [1.165, 1.54) is 18.3 Å². The molecule has 1 aliphatic heterocycles. The Bertz CT molecular complexity index is 545. The van der Waals surface area contributed by atoms with E-state index in [4.69, 9.17) is 9.84 Å². The fraction of sp³-hybridized carbons (Fsp3) is 0.500. The molecule has 114 valence electrons. The largest absolute Gasteiger partial charge is 0.478 e. The standard InChI is InChI=1S/C14H19N3O4/c1-14(2)9-21-6-5-17(14)13(20)16-8-11-7-10(12(18)19)3-4-15-11/h3-4,7H,5-6,8-9H2,1-2H3,(H,16,20)(H,18,19). The van der Waals surface area contributed by atoms with E-state index in [-0.39, 0.29) is 23.7 Å². The van der Waals surface area contributed by atoms with Gasteiger partial charge in [-0.15, -0.1) is 0 Å². The molecule has 2 amide bonds. The number of carboxylic acids is 1. The van der Waals surface area contributed by atoms with Gasteiger partial charge in [0.25, 0.3) is 0 Å². The van der Waals surface area contributed by atoms with Crippen molar-refractivity contribution >= 4 is 12.0 Å². The number of hydrogen-bond acceptors (Lipinski definition) is 4. The van der Waals surface area contributed by atoms with Crippen LogP contribution in [0.5, 0.6) is 0 Å². The number of pyridine rings is 1. The summed E-state index contributed by atoms with van der Waals surface area (Å²) in [5.41, 5.74) is 0.300. The number of aromatic carboxylic acids is 1. The van der Waals surface area contributed by atoms with Crippen LogP contribution in [0.25, 0.3) is 0 Å². The van der Waals surface area contributed by atoms with Crippen molar-refractivity contribution in [2.75, 3.05) is 19.8 Å². The summed E-state index contributed by atoms with van der Waals surface area (Å²) >= 11 is 0. The third-order valence-corrected chi connectivity index (χ3v) is 3.37. The van der Waals surface area contributed by atoms with Gasteiger partial charge in [-0.2, -0.15) is 0 Å². The Hall–Kier alpha value is -2.15. The van der Waals surface area contributed by atoms with Crippen molar-refractivity contribution in [2.24, 2.45) is 0 Å². The number of carbonyl (C=O) groups excluding carboxylic acids is 1. The Morgan fingerprint density at radius 1 is 1.52 bits per heavy atom. The van der Waals surface area contributed by atoms with Crippen molar-refractivity contribution in [2.45, 2.75) is 25.9 Å². The number of hydrogen-bond donors (Lipinski definition) is 2. The lowest BCUT2D eigenvalue weighted by atomic mass is 10.0. The highest BCUT2D eigenvalue weighted by Gasteiger charge is 2.33. The first-order chi connectivity index (χ1) is 9.90. The topological polar surface area (TPSA) is 91.8 Å². The molecular weight excluding hydrogens is 274 g/mol. The molecule has 0 radical (unpaired) electrons. The molecule has 2 heterocycles. The molecule has 21 heavy (non-hydrogen) atoms. The quantitative estimate of drug-likeness (QED) is 0.870. The summed E-state index contributed by atoms with van der Waals surface area (Å²) in [6.07, 6.45) is 1.42. The summed E-state index contributed by atoms with van der Waals surface area (Å²) in [7, 11) is 0. The van der Waals surface area contributed by atoms with Crippen LogP contribution in [0.15, 0.2) is 18.3 Å². The molecule has 0 saturated carbocycles. The number of carboxylic acid groups (broad SMARTS) is 1. The molecule has 1 saturated heterocycles. The molecule has 7 nitrogen and oxygen atoms in total. The lowest BCUT2D eigenvalue weighted by Gasteiger charge is -2.41. The van der Waals surface area contributed by atoms with Crippen molar-refractivity contribution in [3.63, 3.8) is 0 Å². The number of amides is 2. The molecule has 2 N–H and O–H groups in total. The Balaban J connectivity index is 1.97. The van der Waals surface area contributed by atoms with E-state index >= 15 is 0 Å². The minimum atomic E-state index is -1.01. The summed E-state index contributed by atoms with van der Waals surface area (Å²) in [6, 6.07) is 2.66. The number of rotatable bonds is 3. The molecule has 0 unspecified atom stereocenters. The molecule has 0 aromatic carbocycles. The van der Waals surface area contributed by atoms with Gasteiger partial charge < -0.3 is 20.1 Å². The van der Waals surface area contributed by atoms with Gasteiger partial charge in [0, 0.05) is 12.7 Å². The van der Waals surface area contributed by atoms with Crippen molar-refractivity contribution in [1.82, 2.24) is 15.2 Å². The smallest absolute Gasteiger partial charge is 0.335 e. The van der Waals surface area contributed by atoms with Gasteiger partial charge in [-0.3, -0.25) is 4.98 Å². The highest BCUT2D eigenvalue weighted by molar-refractivity contribution is 5.87. The normalized spacial score (nSPS) is 17.3. The van der Waals surface area contributed by atoms with E-state index in [0.29, 0.717) is 25.5 Å². The van der Waals surface area contributed by atoms with Crippen LogP contribution in [0.1, 0.15) is 29.9 Å². The zero-order valence-electron chi connectivity index (χ0n) is 12.1. The van der Waals surface area contributed by atoms with Gasteiger partial charge in [0.05, 0.1) is 36.6 Å². The van der Waals surface area contributed by atoms with Crippen LogP contribution in [0.2, 0.25) is 0 Å². The van der Waals surface area contributed by atoms with Crippen molar-refractivity contribution in [1.29, 1.82) is 0 Å². The number of carbonyl (C=O) groups is 2. The highest BCUT2D eigenvalue weighted by Crippen LogP contribution is 2.18. The zero-order valence-corrected chi connectivity index (χ0v) is 12.1. The first-order valence-corrected chi connectivity index (χ1v) is 6.71. The van der Waals surface area contributed by atoms with E-state index in [1.54, 1.807) is 4.90 Å². The number of morpholine rings is 1. The van der Waals surface area contributed by atoms with E-state index < -0.39 is 5.97 Å². The fourth-order valence-electron chi connectivity index (χ4n) is 2.20. The van der Waals surface area contributed by atoms with Crippen LogP contribution in [0.4, 0.5) is 4.79 Å². The number of nitrogens with one attached hydrogen (secondary N) is 1. The second-order valence-corrected chi connectivity index (χ2v) is 5.52. The molecule has 0 aliphatic carbocycles. The molecule has 2 rings (SSSR count). The van der Waals surface area contributed by atoms with Crippen LogP contribution in [0.3, 0.4) is 0 Å². The van der Waals surface area contributed by atoms with E-state index in [0.717, 1.165) is 0 Å². The minimum Gasteiger partial charge on any atom is -0.478 e. The third-order valence-electron chi connectivity index (χ3n) is 3.37. The van der Waals surface area contributed by atoms with Crippen molar-refractivity contribution in [3.05, 3.63) is 29.6 Å². The molecule has 0 bridgehead atoms. The maximum absolute atomic E-state index is 12.2. The van der Waals surface area contributed by atoms with Crippen LogP contribution in [-0.2, 0) is 11.3 Å². The summed E-state index contributed by atoms with van der Waals surface area (Å²) in [6.45, 7) is 5.61. The molecule has 1 aromatic rings. The molecular formula is C14H19N3O4. The number of urea groups is 1. The summed E-state index contributed by atoms with van der Waals surface area (Å²) in [4.78, 5) is 28.9. The molecule has 1 aromatic heterocycles. The summed E-state index contributed by atoms with van der Waals surface area (Å²) in [5.74, 6) is -1.01. The first kappa shape index (κ1) is 15.2. The predicted molar refractivity (Wildman–Crippen MR) is 75.0 cm³/mol.